The van der Waals surface area contributed by atoms with E-state index in [-0.39, 0.29) is 0 Å². The van der Waals surface area contributed by atoms with E-state index in [4.69, 9.17) is 0 Å². The zero-order valence-electron chi connectivity index (χ0n) is 8.94. The quantitative estimate of drug-likeness (QED) is 0.824. The average molecular weight is 202 g/mol. The van der Waals surface area contributed by atoms with Crippen LogP contribution in [0.25, 0.3) is 0 Å². The normalized spacial score (nSPS) is 10.3. The molecular weight excluding hydrogens is 188 g/mol. The second-order valence-corrected chi connectivity index (χ2v) is 3.52. The minimum absolute atomic E-state index is 0.743. The first-order valence-corrected chi connectivity index (χ1v) is 4.89. The van der Waals surface area contributed by atoms with Crippen LogP contribution >= 0.6 is 0 Å². The average Bonchev–Trinajstić information content (AvgIpc) is 2.61. The van der Waals surface area contributed by atoms with Crippen molar-refractivity contribution < 1.29 is 0 Å². The molecule has 0 atom stereocenters. The molecule has 2 aromatic heterocycles. The maximum Gasteiger partial charge on any atom is 0.126 e. The summed E-state index contributed by atoms with van der Waals surface area (Å²) < 4.78 is 1.85. The van der Waals surface area contributed by atoms with E-state index in [0.29, 0.717) is 0 Å². The van der Waals surface area contributed by atoms with Gasteiger partial charge in [-0.1, -0.05) is 0 Å². The lowest BCUT2D eigenvalue weighted by Gasteiger charge is -2.06. The van der Waals surface area contributed by atoms with Crippen molar-refractivity contribution in [3.63, 3.8) is 0 Å². The lowest BCUT2D eigenvalue weighted by atomic mass is 10.3. The highest BCUT2D eigenvalue weighted by atomic mass is 15.3. The lowest BCUT2D eigenvalue weighted by molar-refractivity contribution is 0.720. The van der Waals surface area contributed by atoms with Gasteiger partial charge in [0.05, 0.1) is 12.2 Å². The molecule has 4 heteroatoms. The Kier molecular flexibility index (Phi) is 2.67. The van der Waals surface area contributed by atoms with Crippen molar-refractivity contribution in [2.45, 2.75) is 13.5 Å². The number of hydrogen-bond acceptors (Lipinski definition) is 3. The van der Waals surface area contributed by atoms with Crippen molar-refractivity contribution in [3.8, 4) is 0 Å². The van der Waals surface area contributed by atoms with Crippen molar-refractivity contribution in [3.05, 3.63) is 41.9 Å². The van der Waals surface area contributed by atoms with Crippen LogP contribution in [-0.2, 0) is 13.6 Å². The van der Waals surface area contributed by atoms with Gasteiger partial charge in [0.2, 0.25) is 0 Å². The largest absolute Gasteiger partial charge is 0.364 e. The number of anilines is 1. The summed E-state index contributed by atoms with van der Waals surface area (Å²) in [5.74, 6) is 0.899. The van der Waals surface area contributed by atoms with E-state index in [1.54, 1.807) is 12.4 Å². The topological polar surface area (TPSA) is 42.7 Å². The number of rotatable bonds is 3. The Labute approximate surface area is 89.0 Å². The van der Waals surface area contributed by atoms with Crippen LogP contribution in [0.3, 0.4) is 0 Å². The lowest BCUT2D eigenvalue weighted by Crippen LogP contribution is -2.06. The fourth-order valence-electron chi connectivity index (χ4n) is 1.39. The Morgan fingerprint density at radius 2 is 2.20 bits per heavy atom. The first-order valence-electron chi connectivity index (χ1n) is 4.89. The fourth-order valence-corrected chi connectivity index (χ4v) is 1.39. The Balaban J connectivity index is 2.02. The monoisotopic (exact) mass is 202 g/mol. The highest BCUT2D eigenvalue weighted by molar-refractivity contribution is 5.37. The molecule has 0 spiro atoms. The van der Waals surface area contributed by atoms with Gasteiger partial charge in [0.25, 0.3) is 0 Å². The van der Waals surface area contributed by atoms with Gasteiger partial charge in [-0.15, -0.1) is 0 Å². The molecule has 78 valence electrons. The molecule has 0 aliphatic heterocycles. The van der Waals surface area contributed by atoms with E-state index in [1.807, 2.05) is 29.9 Å². The molecule has 4 nitrogen and oxygen atoms in total. The third-order valence-corrected chi connectivity index (χ3v) is 2.29. The first-order chi connectivity index (χ1) is 7.25. The number of pyridine rings is 1. The van der Waals surface area contributed by atoms with Crippen molar-refractivity contribution in [1.82, 2.24) is 14.8 Å². The minimum atomic E-state index is 0.743. The summed E-state index contributed by atoms with van der Waals surface area (Å²) >= 11 is 0. The second-order valence-electron chi connectivity index (χ2n) is 3.52. The predicted molar refractivity (Wildman–Crippen MR) is 59.5 cm³/mol. The third-order valence-electron chi connectivity index (χ3n) is 2.29. The number of aryl methyl sites for hydroxylation is 2. The van der Waals surface area contributed by atoms with Crippen LogP contribution in [0.1, 0.15) is 11.3 Å². The summed E-state index contributed by atoms with van der Waals surface area (Å²) in [6, 6.07) is 5.99. The SMILES string of the molecule is Cc1ccnc(NCc2ccnn2C)c1. The molecule has 0 unspecified atom stereocenters. The van der Waals surface area contributed by atoms with Gasteiger partial charge in [-0.25, -0.2) is 4.98 Å². The fraction of sp³-hybridized carbons (Fsp3) is 0.273. The third kappa shape index (κ3) is 2.34. The zero-order valence-corrected chi connectivity index (χ0v) is 8.94. The van der Waals surface area contributed by atoms with E-state index in [2.05, 4.69) is 22.3 Å². The summed E-state index contributed by atoms with van der Waals surface area (Å²) in [4.78, 5) is 4.23. The van der Waals surface area contributed by atoms with Gasteiger partial charge in [0.15, 0.2) is 0 Å². The summed E-state index contributed by atoms with van der Waals surface area (Å²) in [5, 5.41) is 7.36. The predicted octanol–water partition coefficient (Wildman–Crippen LogP) is 1.74. The van der Waals surface area contributed by atoms with E-state index < -0.39 is 0 Å². The molecule has 0 aliphatic carbocycles. The van der Waals surface area contributed by atoms with Crippen LogP contribution in [-0.4, -0.2) is 14.8 Å². The molecule has 0 aromatic carbocycles. The van der Waals surface area contributed by atoms with E-state index in [9.17, 15) is 0 Å². The molecule has 2 aromatic rings. The maximum absolute atomic E-state index is 4.23. The van der Waals surface area contributed by atoms with Gasteiger partial charge in [0.1, 0.15) is 5.82 Å². The van der Waals surface area contributed by atoms with Crippen LogP contribution < -0.4 is 5.32 Å². The summed E-state index contributed by atoms with van der Waals surface area (Å²) in [7, 11) is 1.93. The highest BCUT2D eigenvalue weighted by Gasteiger charge is 1.98. The van der Waals surface area contributed by atoms with E-state index in [0.717, 1.165) is 18.1 Å². The van der Waals surface area contributed by atoms with Crippen LogP contribution in [0.15, 0.2) is 30.6 Å². The highest BCUT2D eigenvalue weighted by Crippen LogP contribution is 2.07. The molecule has 0 bridgehead atoms. The van der Waals surface area contributed by atoms with Crippen molar-refractivity contribution in [2.24, 2.45) is 7.05 Å². The number of nitrogens with one attached hydrogen (secondary N) is 1. The molecule has 0 aliphatic rings. The Morgan fingerprint density at radius 3 is 2.87 bits per heavy atom. The van der Waals surface area contributed by atoms with Crippen LogP contribution in [0.2, 0.25) is 0 Å². The summed E-state index contributed by atoms with van der Waals surface area (Å²) in [5.41, 5.74) is 2.34. The van der Waals surface area contributed by atoms with Gasteiger partial charge >= 0.3 is 0 Å². The Hall–Kier alpha value is -1.84. The molecule has 1 N–H and O–H groups in total. The van der Waals surface area contributed by atoms with Gasteiger partial charge < -0.3 is 5.32 Å². The second kappa shape index (κ2) is 4.13. The van der Waals surface area contributed by atoms with E-state index in [1.165, 1.54) is 5.56 Å². The smallest absolute Gasteiger partial charge is 0.126 e. The zero-order chi connectivity index (χ0) is 10.7. The molecule has 2 heterocycles. The Bertz CT molecular complexity index is 447. The van der Waals surface area contributed by atoms with Gasteiger partial charge in [-0.05, 0) is 30.7 Å². The summed E-state index contributed by atoms with van der Waals surface area (Å²) in [6.07, 6.45) is 3.60. The number of hydrogen-bond donors (Lipinski definition) is 1. The number of nitrogens with zero attached hydrogens (tertiary/aromatic N) is 3. The van der Waals surface area contributed by atoms with Crippen LogP contribution in [0, 0.1) is 6.92 Å². The maximum atomic E-state index is 4.23. The summed E-state index contributed by atoms with van der Waals surface area (Å²) in [6.45, 7) is 2.80. The van der Waals surface area contributed by atoms with Gasteiger partial charge in [-0.3, -0.25) is 4.68 Å². The molecule has 0 saturated carbocycles. The van der Waals surface area contributed by atoms with Crippen LogP contribution in [0.5, 0.6) is 0 Å². The van der Waals surface area contributed by atoms with Gasteiger partial charge in [-0.2, -0.15) is 5.10 Å². The molecule has 2 rings (SSSR count). The molecule has 0 amide bonds. The van der Waals surface area contributed by atoms with Crippen molar-refractivity contribution in [2.75, 3.05) is 5.32 Å². The standard InChI is InChI=1S/C11H14N4/c1-9-3-5-12-11(7-9)13-8-10-4-6-14-15(10)2/h3-7H,8H2,1-2H3,(H,12,13). The molecule has 0 fully saturated rings. The Morgan fingerprint density at radius 1 is 1.33 bits per heavy atom. The van der Waals surface area contributed by atoms with Crippen LogP contribution in [0.4, 0.5) is 5.82 Å². The van der Waals surface area contributed by atoms with Crippen molar-refractivity contribution >= 4 is 5.82 Å². The molecular formula is C11H14N4. The van der Waals surface area contributed by atoms with Crippen molar-refractivity contribution in [1.29, 1.82) is 0 Å². The molecule has 15 heavy (non-hydrogen) atoms. The number of aromatic nitrogens is 3. The van der Waals surface area contributed by atoms with Gasteiger partial charge in [0, 0.05) is 19.4 Å². The van der Waals surface area contributed by atoms with E-state index >= 15 is 0 Å². The first kappa shape index (κ1) is 9.71. The molecule has 0 saturated heterocycles. The molecule has 0 radical (unpaired) electrons. The minimum Gasteiger partial charge on any atom is -0.364 e.